The van der Waals surface area contributed by atoms with Crippen LogP contribution in [0.1, 0.15) is 29.3 Å². The van der Waals surface area contributed by atoms with Gasteiger partial charge in [0.25, 0.3) is 0 Å². The maximum absolute atomic E-state index is 11.7. The Hall–Kier alpha value is -2.01. The summed E-state index contributed by atoms with van der Waals surface area (Å²) < 4.78 is 0. The zero-order valence-electron chi connectivity index (χ0n) is 10.2. The smallest absolute Gasteiger partial charge is 0.250 e. The average Bonchev–Trinajstić information content (AvgIpc) is 3.19. The Bertz CT molecular complexity index is 602. The molecule has 4 nitrogen and oxygen atoms in total. The third kappa shape index (κ3) is 3.26. The van der Waals surface area contributed by atoms with Crippen LogP contribution in [0.5, 0.6) is 0 Å². The molecule has 1 aliphatic rings. The van der Waals surface area contributed by atoms with E-state index in [9.17, 15) is 4.79 Å². The van der Waals surface area contributed by atoms with Crippen LogP contribution in [0.2, 0.25) is 0 Å². The van der Waals surface area contributed by atoms with Crippen molar-refractivity contribution in [2.75, 3.05) is 5.32 Å². The quantitative estimate of drug-likeness (QED) is 0.869. The van der Waals surface area contributed by atoms with E-state index in [1.165, 1.54) is 30.3 Å². The van der Waals surface area contributed by atoms with Crippen LogP contribution in [0, 0.1) is 0 Å². The molecule has 1 N–H and O–H groups in total. The van der Waals surface area contributed by atoms with Gasteiger partial charge in [0.05, 0.1) is 0 Å². The Morgan fingerprint density at radius 1 is 1.26 bits per heavy atom. The number of nitrogens with one attached hydrogen (secondary N) is 1. The molecule has 0 radical (unpaired) electrons. The molecule has 0 aliphatic heterocycles. The van der Waals surface area contributed by atoms with Crippen molar-refractivity contribution in [2.45, 2.75) is 18.8 Å². The van der Waals surface area contributed by atoms with Crippen molar-refractivity contribution in [2.24, 2.45) is 0 Å². The zero-order valence-corrected chi connectivity index (χ0v) is 11.1. The summed E-state index contributed by atoms with van der Waals surface area (Å²) in [4.78, 5) is 11.7. The monoisotopic (exact) mass is 271 g/mol. The molecule has 3 rings (SSSR count). The lowest BCUT2D eigenvalue weighted by Crippen LogP contribution is -2.07. The first kappa shape index (κ1) is 12.0. The molecule has 2 aromatic rings. The van der Waals surface area contributed by atoms with Gasteiger partial charge in [0.15, 0.2) is 0 Å². The van der Waals surface area contributed by atoms with Gasteiger partial charge in [0.2, 0.25) is 11.0 Å². The minimum atomic E-state index is -0.178. The molecule has 19 heavy (non-hydrogen) atoms. The molecule has 0 spiro atoms. The van der Waals surface area contributed by atoms with E-state index in [0.717, 1.165) is 10.6 Å². The molecule has 1 heterocycles. The van der Waals surface area contributed by atoms with Crippen molar-refractivity contribution < 1.29 is 4.79 Å². The topological polar surface area (TPSA) is 54.9 Å². The number of carbonyl (C=O) groups is 1. The standard InChI is InChI=1S/C14H13N3OS/c18-12(9-6-10-4-2-1-3-5-10)15-14-17-16-13(19-14)11-7-8-11/h1-6,9,11H,7-8H2,(H,15,17,18)/b9-6+. The number of hydrogen-bond acceptors (Lipinski definition) is 4. The van der Waals surface area contributed by atoms with E-state index in [1.807, 2.05) is 30.3 Å². The predicted octanol–water partition coefficient (Wildman–Crippen LogP) is 3.07. The summed E-state index contributed by atoms with van der Waals surface area (Å²) in [5, 5.41) is 12.4. The van der Waals surface area contributed by atoms with Crippen molar-refractivity contribution in [1.82, 2.24) is 10.2 Å². The molecular formula is C14H13N3OS. The van der Waals surface area contributed by atoms with E-state index in [1.54, 1.807) is 6.08 Å². The number of nitrogens with zero attached hydrogens (tertiary/aromatic N) is 2. The molecule has 96 valence electrons. The molecule has 0 saturated heterocycles. The minimum absolute atomic E-state index is 0.178. The lowest BCUT2D eigenvalue weighted by molar-refractivity contribution is -0.111. The number of carbonyl (C=O) groups excluding carboxylic acids is 1. The van der Waals surface area contributed by atoms with Crippen LogP contribution in [0.4, 0.5) is 5.13 Å². The SMILES string of the molecule is O=C(/C=C/c1ccccc1)Nc1nnc(C2CC2)s1. The van der Waals surface area contributed by atoms with Gasteiger partial charge in [0.1, 0.15) is 5.01 Å². The molecular weight excluding hydrogens is 258 g/mol. The summed E-state index contributed by atoms with van der Waals surface area (Å²) in [6.45, 7) is 0. The Balaban J connectivity index is 1.59. The van der Waals surface area contributed by atoms with Crippen molar-refractivity contribution >= 4 is 28.5 Å². The summed E-state index contributed by atoms with van der Waals surface area (Å²) in [6.07, 6.45) is 5.67. The van der Waals surface area contributed by atoms with E-state index in [-0.39, 0.29) is 5.91 Å². The number of hydrogen-bond donors (Lipinski definition) is 1. The van der Waals surface area contributed by atoms with E-state index in [2.05, 4.69) is 15.5 Å². The molecule has 1 aromatic heterocycles. The molecule has 0 unspecified atom stereocenters. The van der Waals surface area contributed by atoms with Crippen LogP contribution in [0.15, 0.2) is 36.4 Å². The summed E-state index contributed by atoms with van der Waals surface area (Å²) >= 11 is 1.47. The van der Waals surface area contributed by atoms with Crippen LogP contribution in [0.3, 0.4) is 0 Å². The maximum Gasteiger partial charge on any atom is 0.250 e. The largest absolute Gasteiger partial charge is 0.297 e. The summed E-state index contributed by atoms with van der Waals surface area (Å²) in [7, 11) is 0. The Morgan fingerprint density at radius 2 is 2.05 bits per heavy atom. The predicted molar refractivity (Wildman–Crippen MR) is 76.0 cm³/mol. The minimum Gasteiger partial charge on any atom is -0.297 e. The maximum atomic E-state index is 11.7. The molecule has 1 aromatic carbocycles. The van der Waals surface area contributed by atoms with Gasteiger partial charge < -0.3 is 0 Å². The molecule has 0 bridgehead atoms. The summed E-state index contributed by atoms with van der Waals surface area (Å²) in [5.41, 5.74) is 0.994. The van der Waals surface area contributed by atoms with E-state index >= 15 is 0 Å². The normalized spacial score (nSPS) is 14.7. The van der Waals surface area contributed by atoms with Gasteiger partial charge in [-0.15, -0.1) is 10.2 Å². The molecule has 1 amide bonds. The highest BCUT2D eigenvalue weighted by Crippen LogP contribution is 2.41. The molecule has 1 fully saturated rings. The van der Waals surface area contributed by atoms with Crippen LogP contribution >= 0.6 is 11.3 Å². The van der Waals surface area contributed by atoms with Crippen molar-refractivity contribution in [3.63, 3.8) is 0 Å². The number of anilines is 1. The van der Waals surface area contributed by atoms with Crippen molar-refractivity contribution in [1.29, 1.82) is 0 Å². The zero-order chi connectivity index (χ0) is 13.1. The number of rotatable bonds is 4. The van der Waals surface area contributed by atoms with Crippen LogP contribution in [-0.2, 0) is 4.79 Å². The first-order valence-corrected chi connectivity index (χ1v) is 7.00. The average molecular weight is 271 g/mol. The second-order valence-electron chi connectivity index (χ2n) is 4.45. The van der Waals surface area contributed by atoms with Gasteiger partial charge in [-0.25, -0.2) is 0 Å². The van der Waals surface area contributed by atoms with Crippen LogP contribution in [-0.4, -0.2) is 16.1 Å². The highest BCUT2D eigenvalue weighted by Gasteiger charge is 2.27. The number of benzene rings is 1. The highest BCUT2D eigenvalue weighted by molar-refractivity contribution is 7.15. The Morgan fingerprint density at radius 3 is 2.79 bits per heavy atom. The number of aromatic nitrogens is 2. The number of amides is 1. The van der Waals surface area contributed by atoms with Gasteiger partial charge in [-0.3, -0.25) is 10.1 Å². The summed E-state index contributed by atoms with van der Waals surface area (Å²) in [6, 6.07) is 9.70. The van der Waals surface area contributed by atoms with Crippen molar-refractivity contribution in [3.8, 4) is 0 Å². The first-order chi connectivity index (χ1) is 9.31. The fraction of sp³-hybridized carbons (Fsp3) is 0.214. The summed E-state index contributed by atoms with van der Waals surface area (Å²) in [5.74, 6) is 0.394. The van der Waals surface area contributed by atoms with Crippen molar-refractivity contribution in [3.05, 3.63) is 47.0 Å². The Labute approximate surface area is 115 Å². The first-order valence-electron chi connectivity index (χ1n) is 6.19. The van der Waals surface area contributed by atoms with Crippen LogP contribution in [0.25, 0.3) is 6.08 Å². The Kier molecular flexibility index (Phi) is 3.37. The highest BCUT2D eigenvalue weighted by atomic mass is 32.1. The fourth-order valence-electron chi connectivity index (χ4n) is 1.66. The lowest BCUT2D eigenvalue weighted by Gasteiger charge is -1.94. The van der Waals surface area contributed by atoms with Gasteiger partial charge >= 0.3 is 0 Å². The third-order valence-corrected chi connectivity index (χ3v) is 3.83. The van der Waals surface area contributed by atoms with Crippen LogP contribution < -0.4 is 5.32 Å². The molecule has 5 heteroatoms. The molecule has 1 aliphatic carbocycles. The molecule has 1 saturated carbocycles. The van der Waals surface area contributed by atoms with E-state index in [0.29, 0.717) is 11.0 Å². The second kappa shape index (κ2) is 5.32. The van der Waals surface area contributed by atoms with E-state index in [4.69, 9.17) is 0 Å². The van der Waals surface area contributed by atoms with Gasteiger partial charge in [-0.05, 0) is 24.5 Å². The fourth-order valence-corrected chi connectivity index (χ4v) is 2.58. The van der Waals surface area contributed by atoms with E-state index < -0.39 is 0 Å². The molecule has 0 atom stereocenters. The van der Waals surface area contributed by atoms with Gasteiger partial charge in [0, 0.05) is 12.0 Å². The second-order valence-corrected chi connectivity index (χ2v) is 5.46. The third-order valence-electron chi connectivity index (χ3n) is 2.82. The van der Waals surface area contributed by atoms with Gasteiger partial charge in [-0.2, -0.15) is 0 Å². The van der Waals surface area contributed by atoms with Gasteiger partial charge in [-0.1, -0.05) is 41.7 Å². The lowest BCUT2D eigenvalue weighted by atomic mass is 10.2.